The minimum Gasteiger partial charge on any atom is -0.486 e. The van der Waals surface area contributed by atoms with Crippen LogP contribution in [0.25, 0.3) is 0 Å². The van der Waals surface area contributed by atoms with E-state index in [0.29, 0.717) is 54.3 Å². The zero-order valence-electron chi connectivity index (χ0n) is 19.8. The number of halogens is 1. The highest BCUT2D eigenvalue weighted by molar-refractivity contribution is 7.99. The van der Waals surface area contributed by atoms with Gasteiger partial charge in [-0.2, -0.15) is 0 Å². The molecule has 0 aliphatic carbocycles. The average molecular weight is 503 g/mol. The fraction of sp³-hybridized carbons (Fsp3) is 0.625. The van der Waals surface area contributed by atoms with E-state index in [1.165, 1.54) is 11.8 Å². The lowest BCUT2D eigenvalue weighted by Gasteiger charge is -2.41. The highest BCUT2D eigenvalue weighted by Gasteiger charge is 2.47. The van der Waals surface area contributed by atoms with Crippen molar-refractivity contribution < 1.29 is 19.0 Å². The summed E-state index contributed by atoms with van der Waals surface area (Å²) in [6.45, 7) is 4.95. The minimum absolute atomic E-state index is 0.0233. The van der Waals surface area contributed by atoms with E-state index in [2.05, 4.69) is 9.88 Å². The molecule has 4 aliphatic rings. The quantitative estimate of drug-likeness (QED) is 0.645. The number of hydrogen-bond donors (Lipinski definition) is 2. The smallest absolute Gasteiger partial charge is 0.175 e. The normalized spacial score (nSPS) is 29.3. The van der Waals surface area contributed by atoms with Crippen LogP contribution in [0.1, 0.15) is 31.9 Å². The largest absolute Gasteiger partial charge is 0.486 e. The first-order valence-electron chi connectivity index (χ1n) is 12.3. The average Bonchev–Trinajstić information content (AvgIpc) is 3.39. The van der Waals surface area contributed by atoms with E-state index in [-0.39, 0.29) is 30.2 Å². The fourth-order valence-corrected chi connectivity index (χ4v) is 6.73. The lowest BCUT2D eigenvalue weighted by Crippen LogP contribution is -2.51. The Kier molecular flexibility index (Phi) is 5.98. The van der Waals surface area contributed by atoms with Gasteiger partial charge in [-0.15, -0.1) is 0 Å². The Bertz CT molecular complexity index is 1100. The second kappa shape index (κ2) is 9.02. The number of hydrogen-bond acceptors (Lipinski definition) is 10. The monoisotopic (exact) mass is 502 g/mol. The molecule has 0 amide bonds. The molecular formula is C24H31FN6O3S. The number of aliphatic hydroxyl groups excluding tert-OH is 1. The van der Waals surface area contributed by atoms with E-state index < -0.39 is 6.17 Å². The Morgan fingerprint density at radius 2 is 2.11 bits per heavy atom. The molecule has 6 rings (SSSR count). The van der Waals surface area contributed by atoms with Gasteiger partial charge in [0, 0.05) is 37.2 Å². The first kappa shape index (κ1) is 23.2. The summed E-state index contributed by atoms with van der Waals surface area (Å²) in [6, 6.07) is 1.95. The topological polar surface area (TPSA) is 110 Å². The maximum Gasteiger partial charge on any atom is 0.175 e. The van der Waals surface area contributed by atoms with Crippen molar-refractivity contribution in [2.45, 2.75) is 67.1 Å². The van der Waals surface area contributed by atoms with Gasteiger partial charge in [-0.05, 0) is 25.8 Å². The van der Waals surface area contributed by atoms with E-state index in [1.54, 1.807) is 12.4 Å². The predicted molar refractivity (Wildman–Crippen MR) is 130 cm³/mol. The van der Waals surface area contributed by atoms with E-state index in [1.807, 2.05) is 17.9 Å². The number of alkyl halides is 1. The van der Waals surface area contributed by atoms with Gasteiger partial charge >= 0.3 is 0 Å². The molecular weight excluding hydrogens is 471 g/mol. The number of fused-ring (bicyclic) bond motifs is 3. The third-order valence-corrected chi connectivity index (χ3v) is 8.92. The van der Waals surface area contributed by atoms with E-state index in [0.717, 1.165) is 30.8 Å². The second-order valence-electron chi connectivity index (χ2n) is 10.0. The molecule has 4 aliphatic heterocycles. The summed E-state index contributed by atoms with van der Waals surface area (Å²) in [5, 5.41) is 10.7. The number of aliphatic hydroxyl groups is 1. The van der Waals surface area contributed by atoms with Crippen molar-refractivity contribution in [1.82, 2.24) is 15.0 Å². The molecule has 0 bridgehead atoms. The molecule has 1 spiro atoms. The third kappa shape index (κ3) is 4.02. The van der Waals surface area contributed by atoms with Crippen molar-refractivity contribution in [3.63, 3.8) is 0 Å². The molecule has 1 unspecified atom stereocenters. The van der Waals surface area contributed by atoms with Crippen LogP contribution < -0.4 is 20.3 Å². The number of anilines is 2. The second-order valence-corrected chi connectivity index (χ2v) is 11.1. The highest BCUT2D eigenvalue weighted by atomic mass is 32.2. The zero-order valence-corrected chi connectivity index (χ0v) is 20.6. The Balaban J connectivity index is 1.19. The summed E-state index contributed by atoms with van der Waals surface area (Å²) < 4.78 is 25.8. The summed E-state index contributed by atoms with van der Waals surface area (Å²) in [7, 11) is 0. The molecule has 9 nitrogen and oxygen atoms in total. The van der Waals surface area contributed by atoms with Crippen molar-refractivity contribution in [3.05, 3.63) is 24.2 Å². The number of rotatable bonds is 4. The van der Waals surface area contributed by atoms with Gasteiger partial charge in [0.1, 0.15) is 23.5 Å². The minimum atomic E-state index is -0.858. The standard InChI is InChI=1S/C24H31FN6O3S/c1-14-21(26)24(13-34-14)3-6-30(7-4-24)22-17(11-32)29-19(9-28-22)35-18-2-5-27-23-20(18)33-12-16-8-15(25)10-31(16)23/h2,5,9,14-16,21,32H,3-4,6-8,10-13,26H2,1H3/t14-,15-,16?,21+/m0/s1. The molecule has 6 heterocycles. The molecule has 3 N–H and O–H groups in total. The fourth-order valence-electron chi connectivity index (χ4n) is 5.87. The number of piperidine rings is 1. The van der Waals surface area contributed by atoms with E-state index >= 15 is 0 Å². The molecule has 0 aromatic carbocycles. The van der Waals surface area contributed by atoms with Crippen LogP contribution in [0.2, 0.25) is 0 Å². The SMILES string of the molecule is C[C@@H]1OCC2(CCN(c3ncc(Sc4ccnc5c4OCC4C[C@H](F)CN54)nc3CO)CC2)[C@@H]1N. The number of nitrogens with two attached hydrogens (primary N) is 1. The molecule has 11 heteroatoms. The number of aromatic nitrogens is 3. The van der Waals surface area contributed by atoms with Crippen LogP contribution in [-0.2, 0) is 11.3 Å². The van der Waals surface area contributed by atoms with Crippen molar-refractivity contribution >= 4 is 23.4 Å². The Hall–Kier alpha value is -2.21. The van der Waals surface area contributed by atoms with Crippen LogP contribution >= 0.6 is 11.8 Å². The molecule has 0 saturated carbocycles. The van der Waals surface area contributed by atoms with Crippen LogP contribution in [0.15, 0.2) is 28.4 Å². The maximum atomic E-state index is 14.0. The number of pyridine rings is 1. The van der Waals surface area contributed by atoms with Gasteiger partial charge in [0.25, 0.3) is 0 Å². The van der Waals surface area contributed by atoms with Crippen LogP contribution in [0.5, 0.6) is 5.75 Å². The van der Waals surface area contributed by atoms with Gasteiger partial charge < -0.3 is 30.1 Å². The molecule has 4 atom stereocenters. The number of ether oxygens (including phenoxy) is 2. The van der Waals surface area contributed by atoms with Gasteiger partial charge in [0.15, 0.2) is 17.4 Å². The molecule has 3 fully saturated rings. The zero-order chi connectivity index (χ0) is 24.2. The van der Waals surface area contributed by atoms with Crippen LogP contribution in [0, 0.1) is 5.41 Å². The Morgan fingerprint density at radius 3 is 2.86 bits per heavy atom. The van der Waals surface area contributed by atoms with E-state index in [9.17, 15) is 9.50 Å². The first-order valence-corrected chi connectivity index (χ1v) is 13.1. The Morgan fingerprint density at radius 1 is 1.29 bits per heavy atom. The summed E-state index contributed by atoms with van der Waals surface area (Å²) >= 11 is 1.42. The van der Waals surface area contributed by atoms with Crippen molar-refractivity contribution in [2.24, 2.45) is 11.1 Å². The van der Waals surface area contributed by atoms with Crippen LogP contribution in [-0.4, -0.2) is 77.3 Å². The number of nitrogens with zero attached hydrogens (tertiary/aromatic N) is 5. The van der Waals surface area contributed by atoms with Gasteiger partial charge in [-0.3, -0.25) is 0 Å². The molecule has 3 saturated heterocycles. The molecule has 35 heavy (non-hydrogen) atoms. The van der Waals surface area contributed by atoms with Crippen molar-refractivity contribution in [3.8, 4) is 5.75 Å². The summed E-state index contributed by atoms with van der Waals surface area (Å²) in [4.78, 5) is 18.9. The van der Waals surface area contributed by atoms with Crippen molar-refractivity contribution in [1.29, 1.82) is 0 Å². The predicted octanol–water partition coefficient (Wildman–Crippen LogP) is 2.16. The van der Waals surface area contributed by atoms with Crippen LogP contribution in [0.4, 0.5) is 16.0 Å². The summed E-state index contributed by atoms with van der Waals surface area (Å²) in [6.07, 6.45) is 5.02. The lowest BCUT2D eigenvalue weighted by molar-refractivity contribution is 0.0973. The van der Waals surface area contributed by atoms with Gasteiger partial charge in [0.2, 0.25) is 0 Å². The maximum absolute atomic E-state index is 14.0. The van der Waals surface area contributed by atoms with Gasteiger partial charge in [-0.1, -0.05) is 11.8 Å². The van der Waals surface area contributed by atoms with Gasteiger partial charge in [0.05, 0.1) is 43.0 Å². The van der Waals surface area contributed by atoms with Crippen LogP contribution in [0.3, 0.4) is 0 Å². The van der Waals surface area contributed by atoms with Gasteiger partial charge in [-0.25, -0.2) is 19.3 Å². The molecule has 2 aromatic rings. The Labute approximate surface area is 208 Å². The molecule has 0 radical (unpaired) electrons. The summed E-state index contributed by atoms with van der Waals surface area (Å²) in [5.41, 5.74) is 7.03. The molecule has 188 valence electrons. The molecule has 2 aromatic heterocycles. The first-order chi connectivity index (χ1) is 17.0. The summed E-state index contributed by atoms with van der Waals surface area (Å²) in [5.74, 6) is 2.06. The van der Waals surface area contributed by atoms with E-state index in [4.69, 9.17) is 25.2 Å². The highest BCUT2D eigenvalue weighted by Crippen LogP contribution is 2.45. The lowest BCUT2D eigenvalue weighted by atomic mass is 9.73. The van der Waals surface area contributed by atoms with Crippen molar-refractivity contribution in [2.75, 3.05) is 42.6 Å². The third-order valence-electron chi connectivity index (χ3n) is 7.98.